The highest BCUT2D eigenvalue weighted by Crippen LogP contribution is 2.32. The van der Waals surface area contributed by atoms with Crippen molar-refractivity contribution < 1.29 is 0 Å². The van der Waals surface area contributed by atoms with Crippen molar-refractivity contribution in [2.45, 2.75) is 71.8 Å². The van der Waals surface area contributed by atoms with Gasteiger partial charge in [-0.15, -0.1) is 6.58 Å². The number of amidine groups is 1. The maximum atomic E-state index is 6.66. The summed E-state index contributed by atoms with van der Waals surface area (Å²) in [5, 5.41) is 11.6. The maximum absolute atomic E-state index is 6.66. The van der Waals surface area contributed by atoms with Crippen molar-refractivity contribution in [1.82, 2.24) is 9.91 Å². The molecule has 178 valence electrons. The number of allylic oxidation sites excluding steroid dienone is 4. The Morgan fingerprint density at radius 1 is 1.33 bits per heavy atom. The van der Waals surface area contributed by atoms with Gasteiger partial charge >= 0.3 is 0 Å². The van der Waals surface area contributed by atoms with E-state index in [9.17, 15) is 0 Å². The lowest BCUT2D eigenvalue weighted by molar-refractivity contribution is 0.243. The first kappa shape index (κ1) is 25.2. The Morgan fingerprint density at radius 3 is 2.70 bits per heavy atom. The van der Waals surface area contributed by atoms with Crippen LogP contribution in [0.4, 0.5) is 5.69 Å². The molecule has 0 unspecified atom stereocenters. The van der Waals surface area contributed by atoms with Crippen molar-refractivity contribution >= 4 is 28.7 Å². The Hall–Kier alpha value is -2.46. The third kappa shape index (κ3) is 6.54. The van der Waals surface area contributed by atoms with Gasteiger partial charge in [0.25, 0.3) is 0 Å². The summed E-state index contributed by atoms with van der Waals surface area (Å²) in [5.74, 6) is 0.949. The first-order valence-electron chi connectivity index (χ1n) is 12.3. The largest absolute Gasteiger partial charge is 0.375 e. The molecule has 33 heavy (non-hydrogen) atoms. The van der Waals surface area contributed by atoms with Crippen LogP contribution in [0.5, 0.6) is 0 Å². The van der Waals surface area contributed by atoms with Crippen LogP contribution in [0.1, 0.15) is 71.3 Å². The van der Waals surface area contributed by atoms with Gasteiger partial charge in [-0.1, -0.05) is 55.3 Å². The average molecular weight is 467 g/mol. The van der Waals surface area contributed by atoms with Gasteiger partial charge in [-0.3, -0.25) is 5.01 Å². The molecule has 5 heteroatoms. The number of hydrazone groups is 1. The second-order valence-corrected chi connectivity index (χ2v) is 9.33. The van der Waals surface area contributed by atoms with E-state index in [4.69, 9.17) is 16.7 Å². The summed E-state index contributed by atoms with van der Waals surface area (Å²) in [5.41, 5.74) is 5.71. The lowest BCUT2D eigenvalue weighted by Crippen LogP contribution is -2.35. The molecular formula is C28H39ClN4. The molecular weight excluding hydrogens is 428 g/mol. The van der Waals surface area contributed by atoms with E-state index in [1.165, 1.54) is 37.0 Å². The minimum atomic E-state index is 0.488. The topological polar surface area (TPSA) is 30.9 Å². The molecule has 1 fully saturated rings. The normalized spacial score (nSPS) is 17.0. The summed E-state index contributed by atoms with van der Waals surface area (Å²) in [6.45, 7) is 16.3. The van der Waals surface area contributed by atoms with E-state index in [1.807, 2.05) is 19.1 Å². The van der Waals surface area contributed by atoms with E-state index in [0.29, 0.717) is 11.1 Å². The molecule has 0 saturated heterocycles. The lowest BCUT2D eigenvalue weighted by atomic mass is 10.0. The SMILES string of the molecule is C=CC/C(=C\C)c1ccc(NC2=NN(C3CCCC3)C(CCN(CC)C(=C)C)=CC2)c(Cl)c1. The van der Waals surface area contributed by atoms with Gasteiger partial charge in [0.15, 0.2) is 0 Å². The molecule has 0 radical (unpaired) electrons. The molecule has 0 amide bonds. The van der Waals surface area contributed by atoms with Gasteiger partial charge in [-0.05, 0) is 63.3 Å². The number of hydrogen-bond acceptors (Lipinski definition) is 4. The van der Waals surface area contributed by atoms with E-state index in [0.717, 1.165) is 55.1 Å². The van der Waals surface area contributed by atoms with Gasteiger partial charge < -0.3 is 10.2 Å². The highest BCUT2D eigenvalue weighted by atomic mass is 35.5. The second kappa shape index (κ2) is 12.1. The molecule has 1 saturated carbocycles. The number of anilines is 1. The monoisotopic (exact) mass is 466 g/mol. The number of hydrogen-bond donors (Lipinski definition) is 1. The maximum Gasteiger partial charge on any atom is 0.131 e. The van der Waals surface area contributed by atoms with Crippen LogP contribution in [-0.4, -0.2) is 34.9 Å². The van der Waals surface area contributed by atoms with E-state index >= 15 is 0 Å². The zero-order valence-corrected chi connectivity index (χ0v) is 21.3. The first-order valence-corrected chi connectivity index (χ1v) is 12.6. The van der Waals surface area contributed by atoms with E-state index < -0.39 is 0 Å². The van der Waals surface area contributed by atoms with Crippen molar-refractivity contribution in [2.24, 2.45) is 5.10 Å². The molecule has 0 bridgehead atoms. The van der Waals surface area contributed by atoms with Gasteiger partial charge in [0.2, 0.25) is 0 Å². The fraction of sp³-hybridized carbons (Fsp3) is 0.464. The van der Waals surface area contributed by atoms with Gasteiger partial charge in [0.1, 0.15) is 5.84 Å². The predicted octanol–water partition coefficient (Wildman–Crippen LogP) is 7.82. The fourth-order valence-electron chi connectivity index (χ4n) is 4.70. The first-order chi connectivity index (χ1) is 16.0. The molecule has 1 aliphatic heterocycles. The van der Waals surface area contributed by atoms with Crippen molar-refractivity contribution in [3.8, 4) is 0 Å². The highest BCUT2D eigenvalue weighted by Gasteiger charge is 2.27. The molecule has 2 aliphatic rings. The molecule has 1 aromatic rings. The molecule has 4 nitrogen and oxygen atoms in total. The van der Waals surface area contributed by atoms with E-state index in [2.05, 4.69) is 66.5 Å². The smallest absolute Gasteiger partial charge is 0.131 e. The summed E-state index contributed by atoms with van der Waals surface area (Å²) in [4.78, 5) is 2.33. The summed E-state index contributed by atoms with van der Waals surface area (Å²) in [6, 6.07) is 6.68. The second-order valence-electron chi connectivity index (χ2n) is 8.92. The zero-order chi connectivity index (χ0) is 23.8. The minimum Gasteiger partial charge on any atom is -0.375 e. The zero-order valence-electron chi connectivity index (χ0n) is 20.5. The third-order valence-electron chi connectivity index (χ3n) is 6.62. The molecule has 0 atom stereocenters. The van der Waals surface area contributed by atoms with Gasteiger partial charge in [-0.25, -0.2) is 0 Å². The number of rotatable bonds is 10. The van der Waals surface area contributed by atoms with Crippen LogP contribution < -0.4 is 5.32 Å². The van der Waals surface area contributed by atoms with Crippen LogP contribution in [-0.2, 0) is 0 Å². The molecule has 0 spiro atoms. The molecule has 3 rings (SSSR count). The average Bonchev–Trinajstić information content (AvgIpc) is 3.34. The Bertz CT molecular complexity index is 937. The summed E-state index contributed by atoms with van der Waals surface area (Å²) >= 11 is 6.66. The van der Waals surface area contributed by atoms with E-state index in [-0.39, 0.29) is 0 Å². The predicted molar refractivity (Wildman–Crippen MR) is 144 cm³/mol. The Balaban J connectivity index is 1.75. The van der Waals surface area contributed by atoms with Crippen molar-refractivity contribution in [1.29, 1.82) is 0 Å². The molecule has 1 aliphatic carbocycles. The van der Waals surface area contributed by atoms with Crippen LogP contribution in [0.3, 0.4) is 0 Å². The standard InChI is InChI=1S/C28H39ClN4/c1-6-11-22(7-2)23-14-16-27(26(29)20-23)30-28-17-15-25(18-19-32(8-3)21(4)5)33(31-28)24-12-9-10-13-24/h6-7,14-16,20,24H,1,4,8-13,17-19H2,2-3,5H3,(H,30,31)/b22-7+. The number of nitrogens with one attached hydrogen (secondary N) is 1. The minimum absolute atomic E-state index is 0.488. The summed E-state index contributed by atoms with van der Waals surface area (Å²) in [7, 11) is 0. The third-order valence-corrected chi connectivity index (χ3v) is 6.93. The van der Waals surface area contributed by atoms with Crippen LogP contribution in [0.2, 0.25) is 5.02 Å². The fourth-order valence-corrected chi connectivity index (χ4v) is 4.93. The van der Waals surface area contributed by atoms with Crippen molar-refractivity contribution in [2.75, 3.05) is 18.4 Å². The van der Waals surface area contributed by atoms with Gasteiger partial charge in [0.05, 0.1) is 16.8 Å². The lowest BCUT2D eigenvalue weighted by Gasteiger charge is -2.34. The Labute approximate surface area is 205 Å². The van der Waals surface area contributed by atoms with Crippen molar-refractivity contribution in [3.05, 3.63) is 71.6 Å². The van der Waals surface area contributed by atoms with Crippen LogP contribution in [0.25, 0.3) is 5.57 Å². The molecule has 0 aromatic heterocycles. The van der Waals surface area contributed by atoms with Crippen molar-refractivity contribution in [3.63, 3.8) is 0 Å². The summed E-state index contributed by atoms with van der Waals surface area (Å²) < 4.78 is 0. The highest BCUT2D eigenvalue weighted by molar-refractivity contribution is 6.34. The van der Waals surface area contributed by atoms with Gasteiger partial charge in [0, 0.05) is 37.3 Å². The van der Waals surface area contributed by atoms with Gasteiger partial charge in [-0.2, -0.15) is 5.10 Å². The number of nitrogens with zero attached hydrogens (tertiary/aromatic N) is 3. The Morgan fingerprint density at radius 2 is 2.09 bits per heavy atom. The summed E-state index contributed by atoms with van der Waals surface area (Å²) in [6.07, 6.45) is 13.9. The van der Waals surface area contributed by atoms with Crippen LogP contribution in [0, 0.1) is 0 Å². The quantitative estimate of drug-likeness (QED) is 0.356. The van der Waals surface area contributed by atoms with Crippen LogP contribution in [0.15, 0.2) is 66.1 Å². The van der Waals surface area contributed by atoms with E-state index in [1.54, 1.807) is 0 Å². The number of benzene rings is 1. The molecule has 1 aromatic carbocycles. The number of halogens is 1. The Kier molecular flexibility index (Phi) is 9.25. The molecule has 1 heterocycles. The van der Waals surface area contributed by atoms with Crippen LogP contribution >= 0.6 is 11.6 Å². The molecule has 1 N–H and O–H groups in total.